The van der Waals surface area contributed by atoms with Crippen molar-refractivity contribution in [2.24, 2.45) is 0 Å². The Morgan fingerprint density at radius 3 is 2.55 bits per heavy atom. The maximum absolute atomic E-state index is 12.9. The number of nitrogens with zero attached hydrogens (tertiary/aromatic N) is 4. The number of aromatic nitrogens is 2. The summed E-state index contributed by atoms with van der Waals surface area (Å²) >= 11 is 0. The molecule has 0 saturated carbocycles. The molecule has 0 spiro atoms. The second-order valence-electron chi connectivity index (χ2n) is 8.18. The van der Waals surface area contributed by atoms with Crippen molar-refractivity contribution in [2.75, 3.05) is 24.5 Å². The molecule has 7 heteroatoms. The molecule has 0 bridgehead atoms. The number of rotatable bonds is 3. The van der Waals surface area contributed by atoms with Crippen molar-refractivity contribution >= 4 is 28.9 Å². The smallest absolute Gasteiger partial charge is 0.258 e. The zero-order valence-corrected chi connectivity index (χ0v) is 17.9. The maximum Gasteiger partial charge on any atom is 0.258 e. The van der Waals surface area contributed by atoms with Gasteiger partial charge in [-0.05, 0) is 50.3 Å². The molecule has 2 aliphatic heterocycles. The Bertz CT molecular complexity index is 1140. The van der Waals surface area contributed by atoms with E-state index in [0.29, 0.717) is 17.7 Å². The number of carbonyl (C=O) groups excluding carboxylic acids is 2. The number of nitrogens with one attached hydrogen (secondary N) is 1. The summed E-state index contributed by atoms with van der Waals surface area (Å²) in [5.41, 5.74) is 3.61. The van der Waals surface area contributed by atoms with Gasteiger partial charge in [-0.3, -0.25) is 19.6 Å². The minimum Gasteiger partial charge on any atom is -0.339 e. The first-order valence-corrected chi connectivity index (χ1v) is 10.6. The number of likely N-dealkylation sites (tertiary alicyclic amines) is 1. The van der Waals surface area contributed by atoms with Crippen LogP contribution in [0.4, 0.5) is 11.5 Å². The number of allylic oxidation sites excluding steroid dienone is 1. The largest absolute Gasteiger partial charge is 0.339 e. The highest BCUT2D eigenvalue weighted by atomic mass is 16.2. The van der Waals surface area contributed by atoms with Crippen LogP contribution < -0.4 is 10.4 Å². The predicted molar refractivity (Wildman–Crippen MR) is 120 cm³/mol. The molecule has 2 aromatic heterocycles. The third-order valence-electron chi connectivity index (χ3n) is 5.86. The second-order valence-corrected chi connectivity index (χ2v) is 8.18. The van der Waals surface area contributed by atoms with E-state index in [1.807, 2.05) is 15.9 Å². The fraction of sp³-hybridized carbons (Fsp3) is 0.333. The minimum absolute atomic E-state index is 0.0208. The molecule has 31 heavy (non-hydrogen) atoms. The third kappa shape index (κ3) is 3.95. The maximum atomic E-state index is 12.9. The fourth-order valence-corrected chi connectivity index (χ4v) is 4.11. The van der Waals surface area contributed by atoms with Gasteiger partial charge in [-0.25, -0.2) is 4.98 Å². The Morgan fingerprint density at radius 1 is 1.13 bits per heavy atom. The van der Waals surface area contributed by atoms with Crippen LogP contribution in [0.1, 0.15) is 53.3 Å². The van der Waals surface area contributed by atoms with Crippen LogP contribution in [0, 0.1) is 5.41 Å². The van der Waals surface area contributed by atoms with E-state index in [1.54, 1.807) is 31.5 Å². The average Bonchev–Trinajstić information content (AvgIpc) is 2.78. The number of fused-ring (bicyclic) bond motifs is 1. The fourth-order valence-electron chi connectivity index (χ4n) is 4.11. The topological polar surface area (TPSA) is 82.3 Å². The molecule has 1 N–H and O–H groups in total. The van der Waals surface area contributed by atoms with Gasteiger partial charge in [-0.1, -0.05) is 13.2 Å². The predicted octanol–water partition coefficient (Wildman–Crippen LogP) is 3.76. The Labute approximate surface area is 181 Å². The van der Waals surface area contributed by atoms with Crippen molar-refractivity contribution in [3.05, 3.63) is 65.9 Å². The molecule has 2 aliphatic rings. The summed E-state index contributed by atoms with van der Waals surface area (Å²) in [5.74, 6) is 0.435. The van der Waals surface area contributed by atoms with Crippen molar-refractivity contribution < 1.29 is 9.59 Å². The monoisotopic (exact) mass is 417 g/mol. The molecule has 0 atom stereocenters. The normalized spacial score (nSPS) is 16.1. The molecule has 1 saturated heterocycles. The van der Waals surface area contributed by atoms with Crippen molar-refractivity contribution in [1.29, 1.82) is 5.41 Å². The summed E-state index contributed by atoms with van der Waals surface area (Å²) in [6.07, 6.45) is 7.21. The number of piperidine rings is 1. The van der Waals surface area contributed by atoms with Crippen LogP contribution in [0.3, 0.4) is 0 Å². The van der Waals surface area contributed by atoms with Crippen molar-refractivity contribution in [3.63, 3.8) is 0 Å². The van der Waals surface area contributed by atoms with Gasteiger partial charge in [-0.15, -0.1) is 0 Å². The van der Waals surface area contributed by atoms with E-state index in [9.17, 15) is 9.59 Å². The van der Waals surface area contributed by atoms with Gasteiger partial charge in [0, 0.05) is 54.9 Å². The summed E-state index contributed by atoms with van der Waals surface area (Å²) in [5, 5.41) is 8.27. The van der Waals surface area contributed by atoms with Gasteiger partial charge in [0.1, 0.15) is 11.3 Å². The van der Waals surface area contributed by atoms with E-state index < -0.39 is 0 Å². The van der Waals surface area contributed by atoms with Crippen LogP contribution >= 0.6 is 0 Å². The third-order valence-corrected chi connectivity index (χ3v) is 5.86. The lowest BCUT2D eigenvalue weighted by Gasteiger charge is -2.32. The van der Waals surface area contributed by atoms with Gasteiger partial charge in [-0.2, -0.15) is 0 Å². The molecule has 1 fully saturated rings. The number of anilines is 2. The molecule has 0 aliphatic carbocycles. The van der Waals surface area contributed by atoms with E-state index in [-0.39, 0.29) is 17.3 Å². The summed E-state index contributed by atoms with van der Waals surface area (Å²) in [7, 11) is 0. The summed E-state index contributed by atoms with van der Waals surface area (Å²) in [6.45, 7) is 11.7. The molecular formula is C24H27N5O2. The average molecular weight is 418 g/mol. The SMILES string of the molecule is C=C(C)C(=O)n1ccc(N2CCC(=C)c3cc(C(=O)N4CCCCC4)cnc32)cc1=N. The number of hydrogen-bond donors (Lipinski definition) is 1. The Hall–Kier alpha value is -3.48. The number of carbonyl (C=O) groups is 2. The van der Waals surface area contributed by atoms with Crippen molar-refractivity contribution in [3.8, 4) is 0 Å². The Morgan fingerprint density at radius 2 is 1.87 bits per heavy atom. The highest BCUT2D eigenvalue weighted by Crippen LogP contribution is 2.36. The van der Waals surface area contributed by atoms with E-state index in [4.69, 9.17) is 5.41 Å². The molecule has 4 rings (SSSR count). The standard InChI is InChI=1S/C24H27N5O2/c1-16(2)23(30)29-12-8-19(14-21(29)25)28-11-7-17(3)20-13-18(15-26-22(20)28)24(31)27-9-5-4-6-10-27/h8,12-15,25H,1,3-7,9-11H2,2H3. The van der Waals surface area contributed by atoms with Crippen molar-refractivity contribution in [1.82, 2.24) is 14.5 Å². The highest BCUT2D eigenvalue weighted by molar-refractivity contribution is 5.96. The zero-order valence-electron chi connectivity index (χ0n) is 17.9. The quantitative estimate of drug-likeness (QED) is 0.771. The van der Waals surface area contributed by atoms with Crippen LogP contribution in [-0.2, 0) is 0 Å². The number of pyridine rings is 2. The highest BCUT2D eigenvalue weighted by Gasteiger charge is 2.26. The van der Waals surface area contributed by atoms with Crippen LogP contribution in [0.25, 0.3) is 5.57 Å². The summed E-state index contributed by atoms with van der Waals surface area (Å²) in [4.78, 5) is 33.7. The van der Waals surface area contributed by atoms with Crippen molar-refractivity contribution in [2.45, 2.75) is 32.6 Å². The summed E-state index contributed by atoms with van der Waals surface area (Å²) < 4.78 is 1.27. The molecule has 0 aromatic carbocycles. The zero-order chi connectivity index (χ0) is 22.1. The summed E-state index contributed by atoms with van der Waals surface area (Å²) in [6, 6.07) is 5.33. The van der Waals surface area contributed by atoms with E-state index >= 15 is 0 Å². The number of hydrogen-bond acceptors (Lipinski definition) is 5. The Kier molecular flexibility index (Phi) is 5.59. The number of amides is 1. The Balaban J connectivity index is 1.67. The van der Waals surface area contributed by atoms with Gasteiger partial charge in [0.05, 0.1) is 5.56 Å². The first kappa shape index (κ1) is 20.8. The van der Waals surface area contributed by atoms with Crippen LogP contribution in [0.2, 0.25) is 0 Å². The molecule has 7 nitrogen and oxygen atoms in total. The van der Waals surface area contributed by atoms with Gasteiger partial charge >= 0.3 is 0 Å². The van der Waals surface area contributed by atoms with Gasteiger partial charge in [0.15, 0.2) is 0 Å². The van der Waals surface area contributed by atoms with Gasteiger partial charge in [0.25, 0.3) is 11.8 Å². The lowest BCUT2D eigenvalue weighted by molar-refractivity contribution is 0.0723. The lowest BCUT2D eigenvalue weighted by Crippen LogP contribution is -2.36. The van der Waals surface area contributed by atoms with E-state index in [1.165, 1.54) is 11.0 Å². The van der Waals surface area contributed by atoms with E-state index in [0.717, 1.165) is 55.0 Å². The van der Waals surface area contributed by atoms with E-state index in [2.05, 4.69) is 18.1 Å². The molecular weight excluding hydrogens is 390 g/mol. The molecule has 2 aromatic rings. The molecule has 1 amide bonds. The first-order chi connectivity index (χ1) is 14.9. The second kappa shape index (κ2) is 8.34. The first-order valence-electron chi connectivity index (χ1n) is 10.6. The van der Waals surface area contributed by atoms with Crippen LogP contribution in [0.15, 0.2) is 49.3 Å². The molecule has 0 radical (unpaired) electrons. The molecule has 160 valence electrons. The molecule has 4 heterocycles. The van der Waals surface area contributed by atoms with Gasteiger partial charge < -0.3 is 9.80 Å². The van der Waals surface area contributed by atoms with Crippen LogP contribution in [-0.4, -0.2) is 45.9 Å². The van der Waals surface area contributed by atoms with Crippen LogP contribution in [0.5, 0.6) is 0 Å². The molecule has 0 unspecified atom stereocenters. The lowest BCUT2D eigenvalue weighted by atomic mass is 9.98. The minimum atomic E-state index is -0.303. The van der Waals surface area contributed by atoms with Gasteiger partial charge in [0.2, 0.25) is 0 Å².